The van der Waals surface area contributed by atoms with Gasteiger partial charge in [-0.2, -0.15) is 4.98 Å². The molecular weight excluding hydrogens is 450 g/mol. The van der Waals surface area contributed by atoms with Gasteiger partial charge in [0.05, 0.1) is 12.5 Å². The Balaban J connectivity index is 1.11. The minimum absolute atomic E-state index is 0.0187. The third kappa shape index (κ3) is 6.59. The quantitative estimate of drug-likeness (QED) is 0.502. The van der Waals surface area contributed by atoms with Crippen LogP contribution in [0.1, 0.15) is 54.7 Å². The van der Waals surface area contributed by atoms with E-state index in [0.29, 0.717) is 31.3 Å². The average molecular weight is 488 g/mol. The van der Waals surface area contributed by atoms with Gasteiger partial charge >= 0.3 is 0 Å². The third-order valence-corrected chi connectivity index (χ3v) is 7.33. The second-order valence-corrected chi connectivity index (χ2v) is 10.3. The van der Waals surface area contributed by atoms with E-state index in [-0.39, 0.29) is 11.8 Å². The molecule has 7 nitrogen and oxygen atoms in total. The zero-order valence-corrected chi connectivity index (χ0v) is 21.3. The molecule has 2 aliphatic rings. The fourth-order valence-electron chi connectivity index (χ4n) is 5.29. The lowest BCUT2D eigenvalue weighted by atomic mass is 9.97. The van der Waals surface area contributed by atoms with Gasteiger partial charge in [-0.05, 0) is 63.4 Å². The summed E-state index contributed by atoms with van der Waals surface area (Å²) in [7, 11) is 0. The van der Waals surface area contributed by atoms with E-state index in [1.807, 2.05) is 24.3 Å². The van der Waals surface area contributed by atoms with Gasteiger partial charge in [-0.3, -0.25) is 14.6 Å². The van der Waals surface area contributed by atoms with Crippen molar-refractivity contribution in [1.82, 2.24) is 25.3 Å². The number of amides is 1. The highest BCUT2D eigenvalue weighted by Crippen LogP contribution is 2.21. The summed E-state index contributed by atoms with van der Waals surface area (Å²) in [5.41, 5.74) is 4.65. The number of piperidine rings is 2. The van der Waals surface area contributed by atoms with E-state index in [9.17, 15) is 4.79 Å². The van der Waals surface area contributed by atoms with Gasteiger partial charge in [-0.1, -0.05) is 65.7 Å². The van der Waals surface area contributed by atoms with Gasteiger partial charge in [0.2, 0.25) is 17.6 Å². The Kier molecular flexibility index (Phi) is 8.08. The van der Waals surface area contributed by atoms with Crippen LogP contribution >= 0.6 is 0 Å². The topological polar surface area (TPSA) is 74.5 Å². The summed E-state index contributed by atoms with van der Waals surface area (Å²) in [6.45, 7) is 8.23. The number of carbonyl (C=O) groups is 1. The fourth-order valence-corrected chi connectivity index (χ4v) is 5.29. The molecule has 3 heterocycles. The van der Waals surface area contributed by atoms with Crippen molar-refractivity contribution in [2.24, 2.45) is 5.92 Å². The molecule has 1 N–H and O–H groups in total. The van der Waals surface area contributed by atoms with Crippen LogP contribution in [-0.4, -0.2) is 52.0 Å². The summed E-state index contributed by atoms with van der Waals surface area (Å²) in [5.74, 6) is 1.32. The summed E-state index contributed by atoms with van der Waals surface area (Å²) < 4.78 is 5.51. The molecule has 1 atom stereocenters. The smallest absolute Gasteiger partial charge is 0.241 e. The molecule has 2 saturated heterocycles. The van der Waals surface area contributed by atoms with Crippen molar-refractivity contribution in [1.29, 1.82) is 0 Å². The van der Waals surface area contributed by atoms with E-state index in [1.165, 1.54) is 49.0 Å². The Hall–Kier alpha value is -3.03. The van der Waals surface area contributed by atoms with Crippen LogP contribution in [0.4, 0.5) is 0 Å². The van der Waals surface area contributed by atoms with Gasteiger partial charge in [0, 0.05) is 25.2 Å². The van der Waals surface area contributed by atoms with E-state index in [0.717, 1.165) is 31.5 Å². The minimum Gasteiger partial charge on any atom is -0.352 e. The van der Waals surface area contributed by atoms with Gasteiger partial charge in [-0.15, -0.1) is 0 Å². The van der Waals surface area contributed by atoms with Gasteiger partial charge in [-0.25, -0.2) is 0 Å². The number of aromatic nitrogens is 2. The first-order valence-electron chi connectivity index (χ1n) is 13.3. The summed E-state index contributed by atoms with van der Waals surface area (Å²) in [6, 6.07) is 16.8. The van der Waals surface area contributed by atoms with Crippen LogP contribution in [0.5, 0.6) is 0 Å². The highest BCUT2D eigenvalue weighted by molar-refractivity contribution is 5.79. The molecule has 3 aromatic rings. The van der Waals surface area contributed by atoms with Crippen LogP contribution in [0.15, 0.2) is 53.1 Å². The zero-order chi connectivity index (χ0) is 24.7. The Morgan fingerprint density at radius 3 is 2.58 bits per heavy atom. The summed E-state index contributed by atoms with van der Waals surface area (Å²) in [5, 5.41) is 7.33. The Labute approximate surface area is 213 Å². The number of nitrogens with zero attached hydrogens (tertiary/aromatic N) is 4. The van der Waals surface area contributed by atoms with Crippen LogP contribution in [0.3, 0.4) is 0 Å². The van der Waals surface area contributed by atoms with Crippen molar-refractivity contribution in [3.8, 4) is 11.4 Å². The molecule has 2 fully saturated rings. The van der Waals surface area contributed by atoms with E-state index in [4.69, 9.17) is 4.52 Å². The first kappa shape index (κ1) is 24.7. The number of nitrogens with one attached hydrogen (secondary N) is 1. The molecule has 0 radical (unpaired) electrons. The maximum absolute atomic E-state index is 13.0. The highest BCUT2D eigenvalue weighted by atomic mass is 16.5. The molecule has 0 saturated carbocycles. The van der Waals surface area contributed by atoms with Crippen LogP contribution in [-0.2, 0) is 24.4 Å². The third-order valence-electron chi connectivity index (χ3n) is 7.33. The number of likely N-dealkylation sites (tertiary alicyclic amines) is 2. The van der Waals surface area contributed by atoms with Gasteiger partial charge in [0.1, 0.15) is 0 Å². The molecule has 5 rings (SSSR count). The molecule has 36 heavy (non-hydrogen) atoms. The maximum Gasteiger partial charge on any atom is 0.241 e. The standard InChI is InChI=1S/C29H37N5O2/c1-22-10-12-25(13-11-22)28-31-27(36-32-28)21-34-16-6-9-26(20-34)29(35)30-18-23-7-5-8-24(17-23)19-33-14-3-2-4-15-33/h5,7-8,10-13,17,26H,2-4,6,9,14-16,18-21H2,1H3,(H,30,35). The molecule has 2 aromatic carbocycles. The predicted molar refractivity (Wildman–Crippen MR) is 140 cm³/mol. The minimum atomic E-state index is -0.0187. The van der Waals surface area contributed by atoms with Crippen LogP contribution in [0.2, 0.25) is 0 Å². The van der Waals surface area contributed by atoms with Crippen molar-refractivity contribution < 1.29 is 9.32 Å². The molecule has 1 amide bonds. The summed E-state index contributed by atoms with van der Waals surface area (Å²) in [4.78, 5) is 22.3. The Morgan fingerprint density at radius 1 is 0.972 bits per heavy atom. The molecule has 0 bridgehead atoms. The van der Waals surface area contributed by atoms with E-state index < -0.39 is 0 Å². The molecule has 2 aliphatic heterocycles. The Bertz CT molecular complexity index is 1140. The molecule has 1 aromatic heterocycles. The second-order valence-electron chi connectivity index (χ2n) is 10.3. The highest BCUT2D eigenvalue weighted by Gasteiger charge is 2.27. The molecular formula is C29H37N5O2. The largest absolute Gasteiger partial charge is 0.352 e. The van der Waals surface area contributed by atoms with Crippen molar-refractivity contribution >= 4 is 5.91 Å². The number of carbonyl (C=O) groups excluding carboxylic acids is 1. The Morgan fingerprint density at radius 2 is 1.75 bits per heavy atom. The lowest BCUT2D eigenvalue weighted by molar-refractivity contribution is -0.127. The molecule has 190 valence electrons. The van der Waals surface area contributed by atoms with Crippen molar-refractivity contribution in [2.75, 3.05) is 26.2 Å². The van der Waals surface area contributed by atoms with Gasteiger partial charge < -0.3 is 9.84 Å². The summed E-state index contributed by atoms with van der Waals surface area (Å²) in [6.07, 6.45) is 5.85. The van der Waals surface area contributed by atoms with Crippen molar-refractivity contribution in [2.45, 2.75) is 58.7 Å². The number of rotatable bonds is 8. The number of benzene rings is 2. The molecule has 0 spiro atoms. The maximum atomic E-state index is 13.0. The van der Waals surface area contributed by atoms with E-state index in [1.54, 1.807) is 0 Å². The normalized spacial score (nSPS) is 19.3. The van der Waals surface area contributed by atoms with Crippen molar-refractivity contribution in [3.63, 3.8) is 0 Å². The zero-order valence-electron chi connectivity index (χ0n) is 21.3. The lowest BCUT2D eigenvalue weighted by Crippen LogP contribution is -2.42. The van der Waals surface area contributed by atoms with E-state index >= 15 is 0 Å². The van der Waals surface area contributed by atoms with Gasteiger partial charge in [0.25, 0.3) is 0 Å². The molecule has 1 unspecified atom stereocenters. The molecule has 7 heteroatoms. The van der Waals surface area contributed by atoms with Gasteiger partial charge in [0.15, 0.2) is 0 Å². The monoisotopic (exact) mass is 487 g/mol. The molecule has 0 aliphatic carbocycles. The predicted octanol–water partition coefficient (Wildman–Crippen LogP) is 4.56. The lowest BCUT2D eigenvalue weighted by Gasteiger charge is -2.30. The SMILES string of the molecule is Cc1ccc(-c2noc(CN3CCCC(C(=O)NCc4cccc(CN5CCCCC5)c4)C3)n2)cc1. The van der Waals surface area contributed by atoms with Crippen molar-refractivity contribution in [3.05, 3.63) is 71.1 Å². The number of hydrogen-bond donors (Lipinski definition) is 1. The first-order chi connectivity index (χ1) is 17.6. The van der Waals surface area contributed by atoms with E-state index in [2.05, 4.69) is 56.4 Å². The number of hydrogen-bond acceptors (Lipinski definition) is 6. The van der Waals surface area contributed by atoms with Crippen LogP contribution < -0.4 is 5.32 Å². The first-order valence-corrected chi connectivity index (χ1v) is 13.3. The fraction of sp³-hybridized carbons (Fsp3) is 0.483. The number of aryl methyl sites for hydroxylation is 1. The van der Waals surface area contributed by atoms with Crippen LogP contribution in [0, 0.1) is 12.8 Å². The average Bonchev–Trinajstić information content (AvgIpc) is 3.37. The second kappa shape index (κ2) is 11.8. The summed E-state index contributed by atoms with van der Waals surface area (Å²) >= 11 is 0. The van der Waals surface area contributed by atoms with Crippen LogP contribution in [0.25, 0.3) is 11.4 Å².